The Bertz CT molecular complexity index is 523. The summed E-state index contributed by atoms with van der Waals surface area (Å²) in [5.74, 6) is -1.12. The highest BCUT2D eigenvalue weighted by atomic mass is 16.4. The van der Waals surface area contributed by atoms with E-state index in [0.717, 1.165) is 6.07 Å². The van der Waals surface area contributed by atoms with Crippen molar-refractivity contribution in [3.8, 4) is 0 Å². The second-order valence-corrected chi connectivity index (χ2v) is 2.60. The van der Waals surface area contributed by atoms with Crippen LogP contribution in [-0.4, -0.2) is 20.5 Å². The molecule has 0 aliphatic rings. The van der Waals surface area contributed by atoms with E-state index in [9.17, 15) is 9.59 Å². The topological polar surface area (TPSA) is 74.6 Å². The number of carbonyl (C=O) groups is 1. The maximum atomic E-state index is 11.0. The third-order valence-electron chi connectivity index (χ3n) is 1.75. The molecule has 0 saturated heterocycles. The smallest absolute Gasteiger partial charge is 0.353 e. The number of fused-ring (bicyclic) bond motifs is 1. The Morgan fingerprint density at radius 2 is 2.23 bits per heavy atom. The first-order valence-electron chi connectivity index (χ1n) is 3.61. The van der Waals surface area contributed by atoms with Gasteiger partial charge >= 0.3 is 5.97 Å². The highest BCUT2D eigenvalue weighted by Crippen LogP contribution is 2.01. The molecule has 0 amide bonds. The SMILES string of the molecule is O=C(O)c1cc(=O)cc2[nH]ccn12. The van der Waals surface area contributed by atoms with Crippen LogP contribution in [0.25, 0.3) is 5.65 Å². The van der Waals surface area contributed by atoms with Gasteiger partial charge in [-0.3, -0.25) is 9.20 Å². The molecule has 0 aromatic carbocycles. The molecule has 0 saturated carbocycles. The number of carboxylic acid groups (broad SMARTS) is 1. The molecule has 2 heterocycles. The van der Waals surface area contributed by atoms with Crippen molar-refractivity contribution in [1.29, 1.82) is 0 Å². The Morgan fingerprint density at radius 1 is 1.46 bits per heavy atom. The van der Waals surface area contributed by atoms with Gasteiger partial charge < -0.3 is 10.1 Å². The van der Waals surface area contributed by atoms with E-state index in [4.69, 9.17) is 5.11 Å². The molecule has 5 nitrogen and oxygen atoms in total. The Labute approximate surface area is 72.3 Å². The zero-order valence-corrected chi connectivity index (χ0v) is 6.52. The molecule has 0 bridgehead atoms. The summed E-state index contributed by atoms with van der Waals surface area (Å²) in [4.78, 5) is 24.5. The van der Waals surface area contributed by atoms with Crippen LogP contribution < -0.4 is 5.43 Å². The van der Waals surface area contributed by atoms with Gasteiger partial charge in [0.25, 0.3) is 0 Å². The van der Waals surface area contributed by atoms with Crippen LogP contribution in [0.1, 0.15) is 10.5 Å². The molecule has 2 rings (SSSR count). The van der Waals surface area contributed by atoms with Crippen LogP contribution in [0.2, 0.25) is 0 Å². The summed E-state index contributed by atoms with van der Waals surface area (Å²) in [5.41, 5.74) is 0.119. The minimum Gasteiger partial charge on any atom is -0.477 e. The predicted octanol–water partition coefficient (Wildman–Crippen LogP) is 0.326. The Morgan fingerprint density at radius 3 is 2.92 bits per heavy atom. The lowest BCUT2D eigenvalue weighted by Crippen LogP contribution is -2.10. The largest absolute Gasteiger partial charge is 0.477 e. The number of H-pyrrole nitrogens is 1. The Balaban J connectivity index is 2.93. The maximum Gasteiger partial charge on any atom is 0.353 e. The van der Waals surface area contributed by atoms with Crippen molar-refractivity contribution in [2.24, 2.45) is 0 Å². The second-order valence-electron chi connectivity index (χ2n) is 2.60. The lowest BCUT2D eigenvalue weighted by atomic mass is 10.3. The zero-order valence-electron chi connectivity index (χ0n) is 6.52. The van der Waals surface area contributed by atoms with Crippen molar-refractivity contribution in [3.05, 3.63) is 40.4 Å². The molecule has 0 spiro atoms. The summed E-state index contributed by atoms with van der Waals surface area (Å²) in [6.07, 6.45) is 3.12. The quantitative estimate of drug-likeness (QED) is 0.660. The number of pyridine rings is 1. The standard InChI is InChI=1S/C8H6N2O3/c11-5-3-6(8(12)13)10-2-1-9-7(10)4-5/h1-4,9H,(H,12,13). The summed E-state index contributed by atoms with van der Waals surface area (Å²) in [6.45, 7) is 0. The number of carboxylic acids is 1. The van der Waals surface area contributed by atoms with Crippen molar-refractivity contribution < 1.29 is 9.90 Å². The summed E-state index contributed by atoms with van der Waals surface area (Å²) in [5, 5.41) is 8.75. The van der Waals surface area contributed by atoms with Crippen molar-refractivity contribution >= 4 is 11.6 Å². The van der Waals surface area contributed by atoms with E-state index in [1.807, 2.05) is 0 Å². The first-order valence-corrected chi connectivity index (χ1v) is 3.61. The summed E-state index contributed by atoms with van der Waals surface area (Å²) in [7, 11) is 0. The lowest BCUT2D eigenvalue weighted by molar-refractivity contribution is 0.0688. The average molecular weight is 178 g/mol. The van der Waals surface area contributed by atoms with E-state index in [2.05, 4.69) is 4.98 Å². The molecular weight excluding hydrogens is 172 g/mol. The van der Waals surface area contributed by atoms with Gasteiger partial charge in [-0.15, -0.1) is 0 Å². The molecule has 0 unspecified atom stereocenters. The van der Waals surface area contributed by atoms with Crippen molar-refractivity contribution in [2.75, 3.05) is 0 Å². The van der Waals surface area contributed by atoms with Gasteiger partial charge in [-0.1, -0.05) is 0 Å². The maximum absolute atomic E-state index is 11.0. The molecule has 2 aromatic rings. The highest BCUT2D eigenvalue weighted by Gasteiger charge is 2.08. The molecule has 13 heavy (non-hydrogen) atoms. The normalized spacial score (nSPS) is 10.5. The molecule has 0 atom stereocenters. The minimum absolute atomic E-state index is 0.0382. The fraction of sp³-hybridized carbons (Fsp3) is 0. The Kier molecular flexibility index (Phi) is 1.45. The summed E-state index contributed by atoms with van der Waals surface area (Å²) < 4.78 is 1.41. The summed E-state index contributed by atoms with van der Waals surface area (Å²) >= 11 is 0. The van der Waals surface area contributed by atoms with E-state index >= 15 is 0 Å². The van der Waals surface area contributed by atoms with Gasteiger partial charge in [0.1, 0.15) is 11.3 Å². The van der Waals surface area contributed by atoms with Gasteiger partial charge in [0.05, 0.1) is 0 Å². The van der Waals surface area contributed by atoms with Crippen LogP contribution in [-0.2, 0) is 0 Å². The van der Waals surface area contributed by atoms with Gasteiger partial charge in [0.2, 0.25) is 0 Å². The van der Waals surface area contributed by atoms with Crippen LogP contribution in [0.15, 0.2) is 29.3 Å². The molecule has 0 aliphatic heterocycles. The third kappa shape index (κ3) is 1.10. The first-order chi connectivity index (χ1) is 6.18. The van der Waals surface area contributed by atoms with Crippen LogP contribution >= 0.6 is 0 Å². The molecule has 5 heteroatoms. The van der Waals surface area contributed by atoms with Gasteiger partial charge in [-0.05, 0) is 0 Å². The molecule has 2 N–H and O–H groups in total. The highest BCUT2D eigenvalue weighted by molar-refractivity contribution is 5.86. The van der Waals surface area contributed by atoms with E-state index in [-0.39, 0.29) is 11.1 Å². The van der Waals surface area contributed by atoms with Crippen LogP contribution in [0.4, 0.5) is 0 Å². The van der Waals surface area contributed by atoms with Crippen molar-refractivity contribution in [1.82, 2.24) is 9.38 Å². The number of rotatable bonds is 1. The van der Waals surface area contributed by atoms with Gasteiger partial charge in [-0.25, -0.2) is 4.79 Å². The fourth-order valence-corrected chi connectivity index (χ4v) is 1.21. The monoisotopic (exact) mass is 178 g/mol. The zero-order chi connectivity index (χ0) is 9.42. The van der Waals surface area contributed by atoms with Gasteiger partial charge in [-0.2, -0.15) is 0 Å². The number of imidazole rings is 1. The van der Waals surface area contributed by atoms with E-state index in [0.29, 0.717) is 5.65 Å². The van der Waals surface area contributed by atoms with Gasteiger partial charge in [0.15, 0.2) is 5.43 Å². The van der Waals surface area contributed by atoms with Gasteiger partial charge in [0, 0.05) is 24.5 Å². The number of aromatic nitrogens is 2. The van der Waals surface area contributed by atoms with E-state index in [1.165, 1.54) is 10.5 Å². The van der Waals surface area contributed by atoms with Crippen molar-refractivity contribution in [3.63, 3.8) is 0 Å². The number of aromatic amines is 1. The number of hydrogen-bond donors (Lipinski definition) is 2. The van der Waals surface area contributed by atoms with E-state index < -0.39 is 5.97 Å². The summed E-state index contributed by atoms with van der Waals surface area (Å²) in [6, 6.07) is 2.43. The molecule has 0 aliphatic carbocycles. The molecule has 66 valence electrons. The molecule has 0 fully saturated rings. The average Bonchev–Trinajstić information content (AvgIpc) is 2.49. The second kappa shape index (κ2) is 2.48. The number of aromatic carboxylic acids is 1. The van der Waals surface area contributed by atoms with E-state index in [1.54, 1.807) is 12.4 Å². The fourth-order valence-electron chi connectivity index (χ4n) is 1.21. The predicted molar refractivity (Wildman–Crippen MR) is 45.0 cm³/mol. The number of nitrogens with one attached hydrogen (secondary N) is 1. The number of nitrogens with zero attached hydrogens (tertiary/aromatic N) is 1. The minimum atomic E-state index is -1.12. The molecule has 0 radical (unpaired) electrons. The molecule has 2 aromatic heterocycles. The van der Waals surface area contributed by atoms with Crippen LogP contribution in [0, 0.1) is 0 Å². The van der Waals surface area contributed by atoms with Crippen molar-refractivity contribution in [2.45, 2.75) is 0 Å². The lowest BCUT2D eigenvalue weighted by Gasteiger charge is -1.97. The third-order valence-corrected chi connectivity index (χ3v) is 1.75. The number of hydrogen-bond acceptors (Lipinski definition) is 2. The first kappa shape index (κ1) is 7.60. The molecular formula is C8H6N2O3. The Hall–Kier alpha value is -2.04. The van der Waals surface area contributed by atoms with Crippen LogP contribution in [0.3, 0.4) is 0 Å². The van der Waals surface area contributed by atoms with Crippen LogP contribution in [0.5, 0.6) is 0 Å².